The Morgan fingerprint density at radius 3 is 3.17 bits per heavy atom. The molecule has 0 aliphatic carbocycles. The van der Waals surface area contributed by atoms with E-state index in [1.165, 1.54) is 0 Å². The first-order chi connectivity index (χ1) is 11.7. The van der Waals surface area contributed by atoms with Gasteiger partial charge in [0.2, 0.25) is 0 Å². The third-order valence-corrected chi connectivity index (χ3v) is 5.48. The van der Waals surface area contributed by atoms with Gasteiger partial charge in [0.15, 0.2) is 0 Å². The van der Waals surface area contributed by atoms with E-state index in [0.29, 0.717) is 13.2 Å². The number of hydrogen-bond donors (Lipinski definition) is 1. The van der Waals surface area contributed by atoms with E-state index >= 15 is 0 Å². The Labute approximate surface area is 144 Å². The average molecular weight is 344 g/mol. The lowest BCUT2D eigenvalue weighted by atomic mass is 10.1. The maximum Gasteiger partial charge on any atom is 0.267 e. The van der Waals surface area contributed by atoms with Crippen molar-refractivity contribution >= 4 is 17.4 Å². The molecule has 1 saturated heterocycles. The molecule has 2 aliphatic rings. The molecule has 1 N–H and O–H groups in total. The normalized spacial score (nSPS) is 23.0. The molecule has 0 amide bonds. The third-order valence-electron chi connectivity index (χ3n) is 4.48. The van der Waals surface area contributed by atoms with Gasteiger partial charge in [-0.3, -0.25) is 9.78 Å². The molecular formula is C17H20N4O2S. The van der Waals surface area contributed by atoms with Gasteiger partial charge in [-0.15, -0.1) is 0 Å². The Morgan fingerprint density at radius 2 is 2.29 bits per heavy atom. The predicted octanol–water partition coefficient (Wildman–Crippen LogP) is 1.79. The molecule has 2 aromatic heterocycles. The van der Waals surface area contributed by atoms with Crippen molar-refractivity contribution in [2.24, 2.45) is 0 Å². The molecule has 1 fully saturated rings. The van der Waals surface area contributed by atoms with Crippen LogP contribution in [-0.2, 0) is 16.9 Å². The number of nitrogens with zero attached hydrogens (tertiary/aromatic N) is 3. The van der Waals surface area contributed by atoms with Gasteiger partial charge in [-0.25, -0.2) is 4.68 Å². The average Bonchev–Trinajstić information content (AvgIpc) is 3.02. The summed E-state index contributed by atoms with van der Waals surface area (Å²) in [5.41, 5.74) is 4.05. The third kappa shape index (κ3) is 3.06. The summed E-state index contributed by atoms with van der Waals surface area (Å²) in [4.78, 5) is 16.7. The van der Waals surface area contributed by atoms with Crippen molar-refractivity contribution in [3.05, 3.63) is 51.7 Å². The molecule has 0 spiro atoms. The number of nitrogens with one attached hydrogen (secondary N) is 1. The maximum atomic E-state index is 12.5. The molecule has 0 saturated carbocycles. The summed E-state index contributed by atoms with van der Waals surface area (Å²) in [6.45, 7) is 3.02. The molecule has 0 aromatic carbocycles. The summed E-state index contributed by atoms with van der Waals surface area (Å²) in [6.07, 6.45) is 2.71. The molecule has 4 rings (SSSR count). The molecule has 0 radical (unpaired) electrons. The van der Waals surface area contributed by atoms with Gasteiger partial charge in [0.25, 0.3) is 5.56 Å². The number of fused-ring (bicyclic) bond motifs is 1. The van der Waals surface area contributed by atoms with Crippen LogP contribution in [0.5, 0.6) is 0 Å². The Balaban J connectivity index is 1.62. The predicted molar refractivity (Wildman–Crippen MR) is 94.6 cm³/mol. The van der Waals surface area contributed by atoms with Gasteiger partial charge < -0.3 is 10.1 Å². The lowest BCUT2D eigenvalue weighted by molar-refractivity contribution is 0.182. The number of hydrogen-bond acceptors (Lipinski definition) is 6. The highest BCUT2D eigenvalue weighted by Crippen LogP contribution is 2.25. The topological polar surface area (TPSA) is 69.0 Å². The molecule has 126 valence electrons. The summed E-state index contributed by atoms with van der Waals surface area (Å²) < 4.78 is 7.26. The first kappa shape index (κ1) is 15.7. The van der Waals surface area contributed by atoms with Crippen LogP contribution in [0, 0.1) is 6.92 Å². The molecule has 2 atom stereocenters. The van der Waals surface area contributed by atoms with Crippen LogP contribution in [0.4, 0.5) is 5.69 Å². The van der Waals surface area contributed by atoms with E-state index in [-0.39, 0.29) is 17.6 Å². The molecular weight excluding hydrogens is 324 g/mol. The number of aryl methyl sites for hydroxylation is 2. The van der Waals surface area contributed by atoms with Crippen molar-refractivity contribution in [2.75, 3.05) is 24.3 Å². The Hall–Kier alpha value is -1.86. The second-order valence-electron chi connectivity index (χ2n) is 6.24. The number of aromatic nitrogens is 3. The fourth-order valence-electron chi connectivity index (χ4n) is 3.24. The quantitative estimate of drug-likeness (QED) is 0.915. The van der Waals surface area contributed by atoms with Crippen molar-refractivity contribution in [1.82, 2.24) is 14.8 Å². The Morgan fingerprint density at radius 1 is 1.38 bits per heavy atom. The minimum absolute atomic E-state index is 0.0213. The Bertz CT molecular complexity index is 807. The molecule has 2 unspecified atom stereocenters. The summed E-state index contributed by atoms with van der Waals surface area (Å²) in [7, 11) is 0. The van der Waals surface area contributed by atoms with Crippen LogP contribution in [0.2, 0.25) is 0 Å². The summed E-state index contributed by atoms with van der Waals surface area (Å²) >= 11 is 1.86. The Kier molecular flexibility index (Phi) is 4.28. The van der Waals surface area contributed by atoms with Gasteiger partial charge in [-0.2, -0.15) is 16.9 Å². The minimum Gasteiger partial charge on any atom is -0.378 e. The van der Waals surface area contributed by atoms with Gasteiger partial charge in [0.05, 0.1) is 24.9 Å². The second kappa shape index (κ2) is 6.57. The number of ether oxygens (including phenoxy) is 1. The van der Waals surface area contributed by atoms with Crippen LogP contribution in [-0.4, -0.2) is 39.8 Å². The molecule has 4 heterocycles. The second-order valence-corrected chi connectivity index (χ2v) is 7.35. The van der Waals surface area contributed by atoms with Crippen LogP contribution < -0.4 is 10.9 Å². The molecule has 2 aliphatic heterocycles. The van der Waals surface area contributed by atoms with E-state index in [1.54, 1.807) is 16.9 Å². The summed E-state index contributed by atoms with van der Waals surface area (Å²) in [6, 6.07) is 5.61. The minimum atomic E-state index is -0.0918. The van der Waals surface area contributed by atoms with Gasteiger partial charge >= 0.3 is 0 Å². The lowest BCUT2D eigenvalue weighted by Gasteiger charge is -2.23. The van der Waals surface area contributed by atoms with Crippen molar-refractivity contribution < 1.29 is 4.74 Å². The van der Waals surface area contributed by atoms with Gasteiger partial charge in [0.1, 0.15) is 6.04 Å². The van der Waals surface area contributed by atoms with E-state index in [1.807, 2.05) is 30.8 Å². The summed E-state index contributed by atoms with van der Waals surface area (Å²) in [5, 5.41) is 8.13. The van der Waals surface area contributed by atoms with Gasteiger partial charge in [0, 0.05) is 35.8 Å². The molecule has 6 nitrogen and oxygen atoms in total. The van der Waals surface area contributed by atoms with E-state index < -0.39 is 0 Å². The molecule has 0 bridgehead atoms. The molecule has 24 heavy (non-hydrogen) atoms. The van der Waals surface area contributed by atoms with Crippen molar-refractivity contribution in [1.29, 1.82) is 0 Å². The lowest BCUT2D eigenvalue weighted by Crippen LogP contribution is -2.38. The van der Waals surface area contributed by atoms with Crippen LogP contribution >= 0.6 is 11.8 Å². The number of rotatable bonds is 3. The SMILES string of the molecule is Cc1cc(NC2COCC2n2nc3c(cc2=O)CSCC3)ccn1. The van der Waals surface area contributed by atoms with E-state index in [2.05, 4.69) is 15.4 Å². The summed E-state index contributed by atoms with van der Waals surface area (Å²) in [5.74, 6) is 1.95. The largest absolute Gasteiger partial charge is 0.378 e. The van der Waals surface area contributed by atoms with Crippen LogP contribution in [0.1, 0.15) is 23.0 Å². The highest BCUT2D eigenvalue weighted by Gasteiger charge is 2.32. The standard InChI is InChI=1S/C17H20N4O2S/c1-11-6-13(2-4-18-11)19-15-8-23-9-16(15)21-17(22)7-12-10-24-5-3-14(12)20-21/h2,4,6-7,15-16H,3,5,8-10H2,1H3,(H,18,19). The van der Waals surface area contributed by atoms with Crippen molar-refractivity contribution in [2.45, 2.75) is 31.2 Å². The zero-order valence-electron chi connectivity index (χ0n) is 13.6. The van der Waals surface area contributed by atoms with Crippen LogP contribution in [0.15, 0.2) is 29.2 Å². The smallest absolute Gasteiger partial charge is 0.267 e. The van der Waals surface area contributed by atoms with Gasteiger partial charge in [-0.1, -0.05) is 0 Å². The van der Waals surface area contributed by atoms with Crippen molar-refractivity contribution in [3.8, 4) is 0 Å². The first-order valence-electron chi connectivity index (χ1n) is 8.17. The fraction of sp³-hybridized carbons (Fsp3) is 0.471. The first-order valence-corrected chi connectivity index (χ1v) is 9.32. The monoisotopic (exact) mass is 344 g/mol. The van der Waals surface area contributed by atoms with Crippen LogP contribution in [0.25, 0.3) is 0 Å². The van der Waals surface area contributed by atoms with Gasteiger partial charge in [-0.05, 0) is 30.4 Å². The van der Waals surface area contributed by atoms with Crippen molar-refractivity contribution in [3.63, 3.8) is 0 Å². The molecule has 7 heteroatoms. The zero-order valence-corrected chi connectivity index (χ0v) is 14.4. The number of pyridine rings is 1. The van der Waals surface area contributed by atoms with E-state index in [4.69, 9.17) is 4.74 Å². The fourth-order valence-corrected chi connectivity index (χ4v) is 4.19. The highest BCUT2D eigenvalue weighted by atomic mass is 32.2. The highest BCUT2D eigenvalue weighted by molar-refractivity contribution is 7.98. The molecule has 2 aromatic rings. The van der Waals surface area contributed by atoms with E-state index in [0.717, 1.165) is 40.6 Å². The zero-order chi connectivity index (χ0) is 16.5. The number of anilines is 1. The van der Waals surface area contributed by atoms with Crippen LogP contribution in [0.3, 0.4) is 0 Å². The maximum absolute atomic E-state index is 12.5. The number of thioether (sulfide) groups is 1. The van der Waals surface area contributed by atoms with E-state index in [9.17, 15) is 4.79 Å².